The zero-order chi connectivity index (χ0) is 18.9. The van der Waals surface area contributed by atoms with Gasteiger partial charge in [0.1, 0.15) is 5.37 Å². The maximum Gasteiger partial charge on any atom is 0.416 e. The Balaban J connectivity index is 1.81. The molecule has 9 heteroatoms. The van der Waals surface area contributed by atoms with Crippen LogP contribution in [0.1, 0.15) is 26.9 Å². The number of nitro groups is 1. The van der Waals surface area contributed by atoms with Crippen molar-refractivity contribution in [2.75, 3.05) is 12.3 Å². The quantitative estimate of drug-likeness (QED) is 0.579. The van der Waals surface area contributed by atoms with Crippen LogP contribution < -0.4 is 0 Å². The molecule has 0 radical (unpaired) electrons. The van der Waals surface area contributed by atoms with Gasteiger partial charge in [0.05, 0.1) is 10.5 Å². The molecule has 0 aromatic heterocycles. The minimum Gasteiger partial charge on any atom is -0.322 e. The summed E-state index contributed by atoms with van der Waals surface area (Å²) in [6, 6.07) is 10.0. The molecule has 2 aromatic carbocycles. The molecule has 1 heterocycles. The molecule has 2 aromatic rings. The summed E-state index contributed by atoms with van der Waals surface area (Å²) in [7, 11) is 0. The fourth-order valence-corrected chi connectivity index (χ4v) is 3.94. The summed E-state index contributed by atoms with van der Waals surface area (Å²) in [5.74, 6) is 0.347. The second-order valence-corrected chi connectivity index (χ2v) is 6.83. The SMILES string of the molecule is O=C(c1ccc([N+](=O)[O-])cc1)N1CCS[C@H]1c1ccc(C(F)(F)F)cc1. The number of hydrogen-bond donors (Lipinski definition) is 0. The molecule has 26 heavy (non-hydrogen) atoms. The monoisotopic (exact) mass is 382 g/mol. The average molecular weight is 382 g/mol. The zero-order valence-electron chi connectivity index (χ0n) is 13.3. The molecule has 3 rings (SSSR count). The molecule has 0 unspecified atom stereocenters. The molecular formula is C17H13F3N2O3S. The summed E-state index contributed by atoms with van der Waals surface area (Å²) < 4.78 is 38.1. The summed E-state index contributed by atoms with van der Waals surface area (Å²) in [5.41, 5.74) is 0.0555. The number of halogens is 3. The first-order valence-electron chi connectivity index (χ1n) is 7.61. The largest absolute Gasteiger partial charge is 0.416 e. The molecule has 1 atom stereocenters. The molecule has 1 aliphatic rings. The Morgan fingerprint density at radius 2 is 1.73 bits per heavy atom. The van der Waals surface area contributed by atoms with Crippen molar-refractivity contribution in [3.05, 3.63) is 75.3 Å². The van der Waals surface area contributed by atoms with Gasteiger partial charge in [0.25, 0.3) is 11.6 Å². The van der Waals surface area contributed by atoms with Crippen molar-refractivity contribution in [1.29, 1.82) is 0 Å². The van der Waals surface area contributed by atoms with E-state index >= 15 is 0 Å². The van der Waals surface area contributed by atoms with Crippen LogP contribution in [-0.4, -0.2) is 28.0 Å². The highest BCUT2D eigenvalue weighted by Gasteiger charge is 2.33. The average Bonchev–Trinajstić information content (AvgIpc) is 3.10. The number of non-ortho nitro benzene ring substituents is 1. The van der Waals surface area contributed by atoms with Crippen molar-refractivity contribution in [2.24, 2.45) is 0 Å². The normalized spacial score (nSPS) is 17.3. The number of alkyl halides is 3. The van der Waals surface area contributed by atoms with E-state index < -0.39 is 16.7 Å². The lowest BCUT2D eigenvalue weighted by Crippen LogP contribution is -2.30. The van der Waals surface area contributed by atoms with E-state index in [0.717, 1.165) is 12.1 Å². The third kappa shape index (κ3) is 3.67. The first kappa shape index (κ1) is 18.2. The van der Waals surface area contributed by atoms with E-state index in [4.69, 9.17) is 0 Å². The van der Waals surface area contributed by atoms with Crippen LogP contribution in [-0.2, 0) is 6.18 Å². The number of carbonyl (C=O) groups is 1. The number of nitro benzene ring substituents is 1. The topological polar surface area (TPSA) is 63.4 Å². The predicted molar refractivity (Wildman–Crippen MR) is 90.8 cm³/mol. The maximum absolute atomic E-state index is 12.7. The molecule has 136 valence electrons. The summed E-state index contributed by atoms with van der Waals surface area (Å²) >= 11 is 1.46. The molecule has 1 fully saturated rings. The maximum atomic E-state index is 12.7. The summed E-state index contributed by atoms with van der Waals surface area (Å²) in [4.78, 5) is 24.4. The van der Waals surface area contributed by atoms with Gasteiger partial charge in [-0.1, -0.05) is 12.1 Å². The van der Waals surface area contributed by atoms with Gasteiger partial charge in [0, 0.05) is 30.0 Å². The van der Waals surface area contributed by atoms with Gasteiger partial charge in [-0.3, -0.25) is 14.9 Å². The lowest BCUT2D eigenvalue weighted by Gasteiger charge is -2.24. The lowest BCUT2D eigenvalue weighted by molar-refractivity contribution is -0.384. The van der Waals surface area contributed by atoms with E-state index in [1.54, 1.807) is 4.90 Å². The second kappa shape index (κ2) is 6.99. The van der Waals surface area contributed by atoms with Crippen molar-refractivity contribution in [3.8, 4) is 0 Å². The number of rotatable bonds is 3. The zero-order valence-corrected chi connectivity index (χ0v) is 14.1. The van der Waals surface area contributed by atoms with Crippen molar-refractivity contribution in [3.63, 3.8) is 0 Å². The molecule has 0 saturated carbocycles. The summed E-state index contributed by atoms with van der Waals surface area (Å²) in [6.45, 7) is 0.451. The van der Waals surface area contributed by atoms with E-state index in [0.29, 0.717) is 23.4 Å². The highest BCUT2D eigenvalue weighted by molar-refractivity contribution is 7.99. The Morgan fingerprint density at radius 3 is 2.27 bits per heavy atom. The van der Waals surface area contributed by atoms with Crippen LogP contribution in [0.15, 0.2) is 48.5 Å². The Kier molecular flexibility index (Phi) is 4.90. The van der Waals surface area contributed by atoms with Crippen LogP contribution in [0.2, 0.25) is 0 Å². The summed E-state index contributed by atoms with van der Waals surface area (Å²) in [5, 5.41) is 10.3. The minimum atomic E-state index is -4.41. The number of hydrogen-bond acceptors (Lipinski definition) is 4. The van der Waals surface area contributed by atoms with Crippen LogP contribution in [0.4, 0.5) is 18.9 Å². The van der Waals surface area contributed by atoms with E-state index in [1.807, 2.05) is 0 Å². The van der Waals surface area contributed by atoms with E-state index in [2.05, 4.69) is 0 Å². The number of carbonyl (C=O) groups excluding carboxylic acids is 1. The van der Waals surface area contributed by atoms with Crippen molar-refractivity contribution in [2.45, 2.75) is 11.6 Å². The number of thioether (sulfide) groups is 1. The summed E-state index contributed by atoms with van der Waals surface area (Å²) in [6.07, 6.45) is -4.41. The van der Waals surface area contributed by atoms with Gasteiger partial charge in [-0.05, 0) is 29.8 Å². The van der Waals surface area contributed by atoms with Crippen molar-refractivity contribution in [1.82, 2.24) is 4.90 Å². The predicted octanol–water partition coefficient (Wildman–Crippen LogP) is 4.50. The van der Waals surface area contributed by atoms with Crippen LogP contribution in [0.5, 0.6) is 0 Å². The molecule has 1 amide bonds. The standard InChI is InChI=1S/C17H13F3N2O3S/c18-17(19,20)13-5-1-12(2-6-13)16-21(9-10-26-16)15(23)11-3-7-14(8-4-11)22(24)25/h1-8,16H,9-10H2/t16-/m0/s1. The molecular weight excluding hydrogens is 369 g/mol. The van der Waals surface area contributed by atoms with Crippen LogP contribution >= 0.6 is 11.8 Å². The lowest BCUT2D eigenvalue weighted by atomic mass is 10.1. The van der Waals surface area contributed by atoms with Crippen molar-refractivity contribution < 1.29 is 22.9 Å². The molecule has 1 saturated heterocycles. The molecule has 1 aliphatic heterocycles. The first-order valence-corrected chi connectivity index (χ1v) is 8.66. The Morgan fingerprint density at radius 1 is 1.12 bits per heavy atom. The number of benzene rings is 2. The van der Waals surface area contributed by atoms with E-state index in [1.165, 1.54) is 48.2 Å². The molecule has 0 bridgehead atoms. The van der Waals surface area contributed by atoms with Gasteiger partial charge in [0.15, 0.2) is 0 Å². The Labute approximate surface area is 151 Å². The van der Waals surface area contributed by atoms with Gasteiger partial charge < -0.3 is 4.90 Å². The third-order valence-corrected chi connectivity index (χ3v) is 5.26. The third-order valence-electron chi connectivity index (χ3n) is 4.00. The fourth-order valence-electron chi connectivity index (χ4n) is 2.68. The van der Waals surface area contributed by atoms with Gasteiger partial charge in [-0.15, -0.1) is 11.8 Å². The number of nitrogens with zero attached hydrogens (tertiary/aromatic N) is 2. The smallest absolute Gasteiger partial charge is 0.322 e. The Hall–Kier alpha value is -2.55. The van der Waals surface area contributed by atoms with Crippen LogP contribution in [0.3, 0.4) is 0 Å². The highest BCUT2D eigenvalue weighted by Crippen LogP contribution is 2.40. The van der Waals surface area contributed by atoms with Gasteiger partial charge in [0.2, 0.25) is 0 Å². The molecule has 0 aliphatic carbocycles. The minimum absolute atomic E-state index is 0.114. The van der Waals surface area contributed by atoms with Crippen LogP contribution in [0.25, 0.3) is 0 Å². The molecule has 5 nitrogen and oxygen atoms in total. The van der Waals surface area contributed by atoms with Crippen molar-refractivity contribution >= 4 is 23.4 Å². The Bertz CT molecular complexity index is 823. The molecule has 0 N–H and O–H groups in total. The fraction of sp³-hybridized carbons (Fsp3) is 0.235. The van der Waals surface area contributed by atoms with E-state index in [-0.39, 0.29) is 17.0 Å². The van der Waals surface area contributed by atoms with Crippen LogP contribution in [0, 0.1) is 10.1 Å². The van der Waals surface area contributed by atoms with Gasteiger partial charge >= 0.3 is 6.18 Å². The van der Waals surface area contributed by atoms with Gasteiger partial charge in [-0.25, -0.2) is 0 Å². The number of amides is 1. The van der Waals surface area contributed by atoms with Gasteiger partial charge in [-0.2, -0.15) is 13.2 Å². The molecule has 0 spiro atoms. The van der Waals surface area contributed by atoms with E-state index in [9.17, 15) is 28.1 Å². The second-order valence-electron chi connectivity index (χ2n) is 5.65. The first-order chi connectivity index (χ1) is 12.3. The highest BCUT2D eigenvalue weighted by atomic mass is 32.2.